The SMILES string of the molecule is CC(=O)N[C@H]1C(=O)N(CCCOc2ccc(C)cc2)c2c(C)cccc21. The number of aryl methyl sites for hydroxylation is 2. The van der Waals surface area contributed by atoms with Crippen LogP contribution in [0.1, 0.15) is 36.1 Å². The number of para-hydroxylation sites is 1. The van der Waals surface area contributed by atoms with Crippen molar-refractivity contribution in [1.82, 2.24) is 5.32 Å². The van der Waals surface area contributed by atoms with Crippen LogP contribution in [0.3, 0.4) is 0 Å². The van der Waals surface area contributed by atoms with Gasteiger partial charge >= 0.3 is 0 Å². The van der Waals surface area contributed by atoms with Gasteiger partial charge in [0.25, 0.3) is 5.91 Å². The molecule has 0 bridgehead atoms. The van der Waals surface area contributed by atoms with Gasteiger partial charge in [0.2, 0.25) is 5.91 Å². The highest BCUT2D eigenvalue weighted by Gasteiger charge is 2.38. The second-order valence-corrected chi connectivity index (χ2v) is 6.65. The third-order valence-corrected chi connectivity index (χ3v) is 4.53. The first-order valence-corrected chi connectivity index (χ1v) is 8.85. The standard InChI is InChI=1S/C21H24N2O3/c1-14-8-10-17(11-9-14)26-13-5-12-23-20-15(2)6-4-7-18(20)19(21(23)25)22-16(3)24/h4,6-11,19H,5,12-13H2,1-3H3,(H,22,24)/t19-/m1/s1. The molecule has 0 spiro atoms. The molecule has 1 atom stereocenters. The Morgan fingerprint density at radius 2 is 1.88 bits per heavy atom. The summed E-state index contributed by atoms with van der Waals surface area (Å²) in [4.78, 5) is 26.1. The van der Waals surface area contributed by atoms with Crippen molar-refractivity contribution >= 4 is 17.5 Å². The van der Waals surface area contributed by atoms with Gasteiger partial charge in [0.1, 0.15) is 11.8 Å². The quantitative estimate of drug-likeness (QED) is 0.812. The number of fused-ring (bicyclic) bond motifs is 1. The van der Waals surface area contributed by atoms with Gasteiger partial charge in [0, 0.05) is 19.0 Å². The van der Waals surface area contributed by atoms with Crippen LogP contribution in [-0.2, 0) is 9.59 Å². The van der Waals surface area contributed by atoms with Gasteiger partial charge in [-0.05, 0) is 38.0 Å². The van der Waals surface area contributed by atoms with E-state index in [-0.39, 0.29) is 11.8 Å². The number of hydrogen-bond acceptors (Lipinski definition) is 3. The lowest BCUT2D eigenvalue weighted by molar-refractivity contribution is -0.126. The fourth-order valence-corrected chi connectivity index (χ4v) is 3.29. The first-order valence-electron chi connectivity index (χ1n) is 8.85. The van der Waals surface area contributed by atoms with Crippen molar-refractivity contribution in [3.05, 3.63) is 59.2 Å². The van der Waals surface area contributed by atoms with Crippen molar-refractivity contribution in [2.24, 2.45) is 0 Å². The lowest BCUT2D eigenvalue weighted by Gasteiger charge is -2.19. The Hall–Kier alpha value is -2.82. The minimum absolute atomic E-state index is 0.0835. The Morgan fingerprint density at radius 1 is 1.15 bits per heavy atom. The lowest BCUT2D eigenvalue weighted by Crippen LogP contribution is -2.37. The van der Waals surface area contributed by atoms with Gasteiger partial charge in [-0.1, -0.05) is 35.9 Å². The molecular weight excluding hydrogens is 328 g/mol. The zero-order valence-electron chi connectivity index (χ0n) is 15.4. The predicted molar refractivity (Wildman–Crippen MR) is 101 cm³/mol. The maximum absolute atomic E-state index is 12.8. The van der Waals surface area contributed by atoms with Gasteiger partial charge in [-0.2, -0.15) is 0 Å². The minimum Gasteiger partial charge on any atom is -0.494 e. The molecule has 0 fully saturated rings. The third-order valence-electron chi connectivity index (χ3n) is 4.53. The number of nitrogens with one attached hydrogen (secondary N) is 1. The Labute approximate surface area is 154 Å². The van der Waals surface area contributed by atoms with Gasteiger partial charge in [-0.3, -0.25) is 9.59 Å². The Balaban J connectivity index is 1.66. The van der Waals surface area contributed by atoms with Gasteiger partial charge < -0.3 is 15.0 Å². The van der Waals surface area contributed by atoms with Crippen LogP contribution < -0.4 is 15.0 Å². The Bertz CT molecular complexity index is 815. The number of carbonyl (C=O) groups is 2. The molecule has 3 rings (SSSR count). The van der Waals surface area contributed by atoms with Crippen LogP contribution in [0, 0.1) is 13.8 Å². The molecule has 5 nitrogen and oxygen atoms in total. The van der Waals surface area contributed by atoms with Crippen molar-refractivity contribution in [3.8, 4) is 5.75 Å². The van der Waals surface area contributed by atoms with Crippen molar-refractivity contribution in [3.63, 3.8) is 0 Å². The molecule has 0 aliphatic carbocycles. The highest BCUT2D eigenvalue weighted by atomic mass is 16.5. The maximum Gasteiger partial charge on any atom is 0.254 e. The van der Waals surface area contributed by atoms with Crippen LogP contribution in [-0.4, -0.2) is 25.0 Å². The Kier molecular flexibility index (Phi) is 5.26. The number of nitrogens with zero attached hydrogens (tertiary/aromatic N) is 1. The molecule has 0 unspecified atom stereocenters. The highest BCUT2D eigenvalue weighted by molar-refractivity contribution is 6.06. The molecule has 0 saturated carbocycles. The molecule has 26 heavy (non-hydrogen) atoms. The summed E-state index contributed by atoms with van der Waals surface area (Å²) in [5.41, 5.74) is 4.00. The van der Waals surface area contributed by atoms with Crippen molar-refractivity contribution in [2.75, 3.05) is 18.1 Å². The van der Waals surface area contributed by atoms with Crippen LogP contribution in [0.25, 0.3) is 0 Å². The second kappa shape index (κ2) is 7.60. The fourth-order valence-electron chi connectivity index (χ4n) is 3.29. The zero-order valence-corrected chi connectivity index (χ0v) is 15.4. The summed E-state index contributed by atoms with van der Waals surface area (Å²) >= 11 is 0. The summed E-state index contributed by atoms with van der Waals surface area (Å²) in [6.45, 7) is 6.53. The number of amides is 2. The molecule has 2 amide bonds. The van der Waals surface area contributed by atoms with E-state index in [4.69, 9.17) is 4.74 Å². The van der Waals surface area contributed by atoms with Gasteiger partial charge in [0.05, 0.1) is 12.3 Å². The summed E-state index contributed by atoms with van der Waals surface area (Å²) in [5, 5.41) is 2.77. The minimum atomic E-state index is -0.597. The first kappa shape index (κ1) is 18.0. The number of anilines is 1. The van der Waals surface area contributed by atoms with Crippen LogP contribution in [0.5, 0.6) is 5.75 Å². The van der Waals surface area contributed by atoms with E-state index in [1.807, 2.05) is 56.3 Å². The van der Waals surface area contributed by atoms with E-state index in [2.05, 4.69) is 5.32 Å². The summed E-state index contributed by atoms with van der Waals surface area (Å²) < 4.78 is 5.76. The summed E-state index contributed by atoms with van der Waals surface area (Å²) in [7, 11) is 0. The molecule has 2 aromatic rings. The van der Waals surface area contributed by atoms with E-state index in [9.17, 15) is 9.59 Å². The van der Waals surface area contributed by atoms with Crippen LogP contribution >= 0.6 is 0 Å². The number of rotatable bonds is 6. The van der Waals surface area contributed by atoms with Crippen molar-refractivity contribution < 1.29 is 14.3 Å². The first-order chi connectivity index (χ1) is 12.5. The topological polar surface area (TPSA) is 58.6 Å². The third kappa shape index (κ3) is 3.72. The smallest absolute Gasteiger partial charge is 0.254 e. The zero-order chi connectivity index (χ0) is 18.7. The summed E-state index contributed by atoms with van der Waals surface area (Å²) in [6, 6.07) is 13.1. The van der Waals surface area contributed by atoms with Crippen LogP contribution in [0.4, 0.5) is 5.69 Å². The van der Waals surface area contributed by atoms with Crippen LogP contribution in [0.15, 0.2) is 42.5 Å². The molecule has 1 aliphatic rings. The van der Waals surface area contributed by atoms with Crippen molar-refractivity contribution in [1.29, 1.82) is 0 Å². The average molecular weight is 352 g/mol. The molecule has 1 heterocycles. The summed E-state index contributed by atoms with van der Waals surface area (Å²) in [6.07, 6.45) is 0.709. The largest absolute Gasteiger partial charge is 0.494 e. The molecule has 2 aromatic carbocycles. The van der Waals surface area contributed by atoms with E-state index >= 15 is 0 Å². The van der Waals surface area contributed by atoms with E-state index < -0.39 is 6.04 Å². The summed E-state index contributed by atoms with van der Waals surface area (Å²) in [5.74, 6) is 0.538. The normalized spacial score (nSPS) is 15.7. The average Bonchev–Trinajstić information content (AvgIpc) is 2.86. The van der Waals surface area contributed by atoms with Crippen LogP contribution in [0.2, 0.25) is 0 Å². The number of benzene rings is 2. The molecular formula is C21H24N2O3. The molecule has 0 radical (unpaired) electrons. The second-order valence-electron chi connectivity index (χ2n) is 6.65. The number of carbonyl (C=O) groups excluding carboxylic acids is 2. The van der Waals surface area contributed by atoms with E-state index in [1.54, 1.807) is 4.90 Å². The number of ether oxygens (including phenoxy) is 1. The highest BCUT2D eigenvalue weighted by Crippen LogP contribution is 2.38. The van der Waals surface area contributed by atoms with Crippen molar-refractivity contribution in [2.45, 2.75) is 33.2 Å². The molecule has 1 N–H and O–H groups in total. The monoisotopic (exact) mass is 352 g/mol. The van der Waals surface area contributed by atoms with Gasteiger partial charge in [-0.25, -0.2) is 0 Å². The van der Waals surface area contributed by atoms with Gasteiger partial charge in [-0.15, -0.1) is 0 Å². The fraction of sp³-hybridized carbons (Fsp3) is 0.333. The van der Waals surface area contributed by atoms with E-state index in [1.165, 1.54) is 12.5 Å². The molecule has 136 valence electrons. The number of hydrogen-bond donors (Lipinski definition) is 1. The lowest BCUT2D eigenvalue weighted by atomic mass is 10.1. The molecule has 0 aromatic heterocycles. The predicted octanol–water partition coefficient (Wildman–Crippen LogP) is 3.30. The molecule has 5 heteroatoms. The van der Waals surface area contributed by atoms with Gasteiger partial charge in [0.15, 0.2) is 0 Å². The molecule has 0 saturated heterocycles. The Morgan fingerprint density at radius 3 is 2.58 bits per heavy atom. The van der Waals surface area contributed by atoms with E-state index in [0.29, 0.717) is 19.6 Å². The van der Waals surface area contributed by atoms with E-state index in [0.717, 1.165) is 22.6 Å². The molecule has 1 aliphatic heterocycles. The maximum atomic E-state index is 12.8.